The van der Waals surface area contributed by atoms with E-state index in [1.807, 2.05) is 13.8 Å². The molecule has 2 N–H and O–H groups in total. The number of hydrogen-bond donors (Lipinski definition) is 1. The third kappa shape index (κ3) is 3.63. The van der Waals surface area contributed by atoms with Crippen LogP contribution >= 0.6 is 0 Å². The number of rotatable bonds is 5. The van der Waals surface area contributed by atoms with Crippen molar-refractivity contribution in [1.82, 2.24) is 0 Å². The molecule has 0 atom stereocenters. The Balaban J connectivity index is 3.10. The topological polar surface area (TPSA) is 35.2 Å². The predicted molar refractivity (Wildman–Crippen MR) is 64.3 cm³/mol. The molecule has 0 spiro atoms. The van der Waals surface area contributed by atoms with Gasteiger partial charge >= 0.3 is 6.18 Å². The highest BCUT2D eigenvalue weighted by Crippen LogP contribution is 2.37. The summed E-state index contributed by atoms with van der Waals surface area (Å²) < 4.78 is 44.1. The lowest BCUT2D eigenvalue weighted by Crippen LogP contribution is -2.17. The van der Waals surface area contributed by atoms with Crippen LogP contribution in [0.25, 0.3) is 0 Å². The van der Waals surface area contributed by atoms with Crippen LogP contribution in [0.15, 0.2) is 18.2 Å². The highest BCUT2D eigenvalue weighted by atomic mass is 19.4. The SMILES string of the molecule is CCC(CC)Oc1ccc(CN)cc1C(F)(F)F. The van der Waals surface area contributed by atoms with Crippen LogP contribution in [0, 0.1) is 0 Å². The van der Waals surface area contributed by atoms with Crippen molar-refractivity contribution >= 4 is 0 Å². The maximum atomic E-state index is 12.9. The van der Waals surface area contributed by atoms with Crippen molar-refractivity contribution in [3.63, 3.8) is 0 Å². The first-order chi connectivity index (χ1) is 8.42. The van der Waals surface area contributed by atoms with E-state index in [-0.39, 0.29) is 18.4 Å². The minimum absolute atomic E-state index is 0.0777. The highest BCUT2D eigenvalue weighted by molar-refractivity contribution is 5.39. The summed E-state index contributed by atoms with van der Waals surface area (Å²) in [6.45, 7) is 3.85. The number of halogens is 3. The number of benzene rings is 1. The van der Waals surface area contributed by atoms with Gasteiger partial charge in [0.25, 0.3) is 0 Å². The Bertz CT molecular complexity index is 386. The van der Waals surface area contributed by atoms with Crippen molar-refractivity contribution in [2.75, 3.05) is 0 Å². The van der Waals surface area contributed by atoms with Gasteiger partial charge in [-0.1, -0.05) is 19.9 Å². The van der Waals surface area contributed by atoms with Crippen molar-refractivity contribution < 1.29 is 17.9 Å². The van der Waals surface area contributed by atoms with Gasteiger partial charge in [-0.15, -0.1) is 0 Å². The number of hydrogen-bond acceptors (Lipinski definition) is 2. The first-order valence-electron chi connectivity index (χ1n) is 5.99. The molecule has 102 valence electrons. The van der Waals surface area contributed by atoms with E-state index in [2.05, 4.69) is 0 Å². The third-order valence-electron chi connectivity index (χ3n) is 2.79. The average Bonchev–Trinajstić information content (AvgIpc) is 2.34. The molecule has 0 aliphatic heterocycles. The maximum absolute atomic E-state index is 12.9. The monoisotopic (exact) mass is 261 g/mol. The molecular weight excluding hydrogens is 243 g/mol. The van der Waals surface area contributed by atoms with Crippen LogP contribution in [0.1, 0.15) is 37.8 Å². The highest BCUT2D eigenvalue weighted by Gasteiger charge is 2.35. The van der Waals surface area contributed by atoms with Crippen molar-refractivity contribution in [3.05, 3.63) is 29.3 Å². The zero-order valence-electron chi connectivity index (χ0n) is 10.6. The number of nitrogens with two attached hydrogens (primary N) is 1. The van der Waals surface area contributed by atoms with Gasteiger partial charge in [0.15, 0.2) is 0 Å². The lowest BCUT2D eigenvalue weighted by molar-refractivity contribution is -0.139. The van der Waals surface area contributed by atoms with E-state index < -0.39 is 11.7 Å². The van der Waals surface area contributed by atoms with Crippen LogP contribution in [0.3, 0.4) is 0 Å². The van der Waals surface area contributed by atoms with Crippen LogP contribution in [0.4, 0.5) is 13.2 Å². The van der Waals surface area contributed by atoms with Crippen LogP contribution in [0.5, 0.6) is 5.75 Å². The predicted octanol–water partition coefficient (Wildman–Crippen LogP) is 3.73. The molecular formula is C13H18F3NO. The quantitative estimate of drug-likeness (QED) is 0.876. The van der Waals surface area contributed by atoms with E-state index in [1.165, 1.54) is 6.07 Å². The summed E-state index contributed by atoms with van der Waals surface area (Å²) in [7, 11) is 0. The number of alkyl halides is 3. The largest absolute Gasteiger partial charge is 0.490 e. The summed E-state index contributed by atoms with van der Waals surface area (Å²) in [5, 5.41) is 0. The molecule has 0 fully saturated rings. The zero-order chi connectivity index (χ0) is 13.8. The molecule has 0 saturated heterocycles. The maximum Gasteiger partial charge on any atom is 0.419 e. The van der Waals surface area contributed by atoms with Gasteiger partial charge in [-0.3, -0.25) is 0 Å². The van der Waals surface area contributed by atoms with E-state index >= 15 is 0 Å². The normalized spacial score (nSPS) is 11.9. The molecule has 0 aliphatic rings. The smallest absolute Gasteiger partial charge is 0.419 e. The van der Waals surface area contributed by atoms with E-state index in [1.54, 1.807) is 6.07 Å². The summed E-state index contributed by atoms with van der Waals surface area (Å²) in [6, 6.07) is 3.97. The fraction of sp³-hybridized carbons (Fsp3) is 0.538. The molecule has 0 heterocycles. The Kier molecular flexibility index (Phi) is 5.02. The summed E-state index contributed by atoms with van der Waals surface area (Å²) in [6.07, 6.45) is -3.28. The Labute approximate surface area is 105 Å². The van der Waals surface area contributed by atoms with E-state index in [0.717, 1.165) is 6.07 Å². The van der Waals surface area contributed by atoms with Crippen LogP contribution in [0.2, 0.25) is 0 Å². The minimum atomic E-state index is -4.42. The van der Waals surface area contributed by atoms with Gasteiger partial charge in [0, 0.05) is 6.54 Å². The van der Waals surface area contributed by atoms with Gasteiger partial charge in [0.2, 0.25) is 0 Å². The summed E-state index contributed by atoms with van der Waals surface area (Å²) in [5.41, 5.74) is 5.05. The molecule has 1 aromatic rings. The van der Waals surface area contributed by atoms with Crippen LogP contribution in [-0.2, 0) is 12.7 Å². The van der Waals surface area contributed by atoms with Gasteiger partial charge in [-0.05, 0) is 30.5 Å². The zero-order valence-corrected chi connectivity index (χ0v) is 10.6. The summed E-state index contributed by atoms with van der Waals surface area (Å²) >= 11 is 0. The fourth-order valence-corrected chi connectivity index (χ4v) is 1.66. The average molecular weight is 261 g/mol. The molecule has 0 bridgehead atoms. The molecule has 0 radical (unpaired) electrons. The second kappa shape index (κ2) is 6.09. The van der Waals surface area contributed by atoms with E-state index in [0.29, 0.717) is 18.4 Å². The second-order valence-corrected chi connectivity index (χ2v) is 4.09. The molecule has 18 heavy (non-hydrogen) atoms. The van der Waals surface area contributed by atoms with Crippen molar-refractivity contribution in [3.8, 4) is 5.75 Å². The van der Waals surface area contributed by atoms with Gasteiger partial charge in [0.1, 0.15) is 5.75 Å². The third-order valence-corrected chi connectivity index (χ3v) is 2.79. The van der Waals surface area contributed by atoms with Gasteiger partial charge in [-0.2, -0.15) is 13.2 Å². The van der Waals surface area contributed by atoms with Crippen molar-refractivity contribution in [2.45, 2.75) is 45.5 Å². The standard InChI is InChI=1S/C13H18F3NO/c1-3-10(4-2)18-12-6-5-9(8-17)7-11(12)13(14,15)16/h5-7,10H,3-4,8,17H2,1-2H3. The van der Waals surface area contributed by atoms with Crippen molar-refractivity contribution in [2.24, 2.45) is 5.73 Å². The molecule has 0 aromatic heterocycles. The Morgan fingerprint density at radius 3 is 2.28 bits per heavy atom. The lowest BCUT2D eigenvalue weighted by Gasteiger charge is -2.20. The molecule has 0 aliphatic carbocycles. The molecule has 2 nitrogen and oxygen atoms in total. The fourth-order valence-electron chi connectivity index (χ4n) is 1.66. The van der Waals surface area contributed by atoms with Crippen LogP contribution < -0.4 is 10.5 Å². The van der Waals surface area contributed by atoms with Gasteiger partial charge in [-0.25, -0.2) is 0 Å². The molecule has 0 unspecified atom stereocenters. The first kappa shape index (κ1) is 14.8. The number of ether oxygens (including phenoxy) is 1. The molecule has 0 amide bonds. The first-order valence-corrected chi connectivity index (χ1v) is 5.99. The van der Waals surface area contributed by atoms with E-state index in [9.17, 15) is 13.2 Å². The molecule has 5 heteroatoms. The summed E-state index contributed by atoms with van der Waals surface area (Å²) in [4.78, 5) is 0. The van der Waals surface area contributed by atoms with Crippen LogP contribution in [-0.4, -0.2) is 6.10 Å². The molecule has 1 rings (SSSR count). The Morgan fingerprint density at radius 1 is 1.22 bits per heavy atom. The second-order valence-electron chi connectivity index (χ2n) is 4.09. The Hall–Kier alpha value is -1.23. The van der Waals surface area contributed by atoms with Gasteiger partial charge in [0.05, 0.1) is 11.7 Å². The lowest BCUT2D eigenvalue weighted by atomic mass is 10.1. The summed E-state index contributed by atoms with van der Waals surface area (Å²) in [5.74, 6) is -0.117. The van der Waals surface area contributed by atoms with Gasteiger partial charge < -0.3 is 10.5 Å². The molecule has 1 aromatic carbocycles. The molecule has 0 saturated carbocycles. The van der Waals surface area contributed by atoms with Crippen molar-refractivity contribution in [1.29, 1.82) is 0 Å². The Morgan fingerprint density at radius 2 is 1.83 bits per heavy atom. The van der Waals surface area contributed by atoms with E-state index in [4.69, 9.17) is 10.5 Å². The minimum Gasteiger partial charge on any atom is -0.490 e.